The highest BCUT2D eigenvalue weighted by Crippen LogP contribution is 2.07. The molecule has 10 heavy (non-hydrogen) atoms. The van der Waals surface area contributed by atoms with Crippen LogP contribution in [0.25, 0.3) is 0 Å². The van der Waals surface area contributed by atoms with E-state index in [0.717, 1.165) is 25.4 Å². The van der Waals surface area contributed by atoms with Crippen LogP contribution in [0, 0.1) is 11.8 Å². The van der Waals surface area contributed by atoms with Crippen molar-refractivity contribution in [2.24, 2.45) is 11.8 Å². The van der Waals surface area contributed by atoms with Gasteiger partial charge in [0.15, 0.2) is 0 Å². The van der Waals surface area contributed by atoms with Gasteiger partial charge in [0, 0.05) is 11.8 Å². The Morgan fingerprint density at radius 3 is 1.50 bits per heavy atom. The van der Waals surface area contributed by atoms with Crippen LogP contribution in [0.4, 0.5) is 0 Å². The molecule has 0 fully saturated rings. The first-order valence-corrected chi connectivity index (χ1v) is 3.61. The third kappa shape index (κ3) is 4.24. The Bertz CT molecular complexity index is 95.8. The molecular weight excluding hydrogens is 128 g/mol. The molecule has 0 N–H and O–H groups in total. The Kier molecular flexibility index (Phi) is 4.81. The number of carbonyl (C=O) groups excluding carboxylic acids is 2. The molecule has 0 aromatic heterocycles. The topological polar surface area (TPSA) is 34.1 Å². The monoisotopic (exact) mass is 142 g/mol. The molecule has 0 amide bonds. The smallest absolute Gasteiger partial charge is 0.122 e. The first-order chi connectivity index (χ1) is 4.70. The Morgan fingerprint density at radius 1 is 1.00 bits per heavy atom. The molecule has 0 aromatic carbocycles. The Hall–Kier alpha value is -0.660. The van der Waals surface area contributed by atoms with Gasteiger partial charge in [-0.3, -0.25) is 0 Å². The van der Waals surface area contributed by atoms with Gasteiger partial charge in [-0.15, -0.1) is 0 Å². The summed E-state index contributed by atoms with van der Waals surface area (Å²) < 4.78 is 0. The van der Waals surface area contributed by atoms with Crippen molar-refractivity contribution in [3.8, 4) is 0 Å². The van der Waals surface area contributed by atoms with E-state index >= 15 is 0 Å². The summed E-state index contributed by atoms with van der Waals surface area (Å²) in [6, 6.07) is 0. The molecule has 0 saturated heterocycles. The molecule has 0 radical (unpaired) electrons. The molecule has 0 aromatic rings. The average molecular weight is 142 g/mol. The second-order valence-corrected chi connectivity index (χ2v) is 2.80. The highest BCUT2D eigenvalue weighted by molar-refractivity contribution is 5.54. The van der Waals surface area contributed by atoms with Crippen molar-refractivity contribution >= 4 is 12.6 Å². The zero-order valence-corrected chi connectivity index (χ0v) is 6.54. The van der Waals surface area contributed by atoms with Crippen LogP contribution in [-0.4, -0.2) is 12.6 Å². The minimum atomic E-state index is 0.0994. The standard InChI is InChI=1S/C8H14O2/c1-7(5-9)3-4-8(2)6-10/h5-8H,3-4H2,1-2H3. The number of hydrogen-bond acceptors (Lipinski definition) is 2. The molecule has 0 aliphatic carbocycles. The molecule has 2 unspecified atom stereocenters. The average Bonchev–Trinajstić information content (AvgIpc) is 1.99. The lowest BCUT2D eigenvalue weighted by Gasteiger charge is -2.03. The summed E-state index contributed by atoms with van der Waals surface area (Å²) in [5.41, 5.74) is 0. The van der Waals surface area contributed by atoms with Crippen molar-refractivity contribution in [1.29, 1.82) is 0 Å². The van der Waals surface area contributed by atoms with Gasteiger partial charge >= 0.3 is 0 Å². The van der Waals surface area contributed by atoms with Crippen LogP contribution in [0.1, 0.15) is 26.7 Å². The Labute approximate surface area is 61.6 Å². The Morgan fingerprint density at radius 2 is 1.30 bits per heavy atom. The molecule has 0 heterocycles. The van der Waals surface area contributed by atoms with E-state index in [1.165, 1.54) is 0 Å². The van der Waals surface area contributed by atoms with Crippen molar-refractivity contribution in [1.82, 2.24) is 0 Å². The molecule has 0 spiro atoms. The minimum absolute atomic E-state index is 0.0994. The molecule has 0 aliphatic rings. The van der Waals surface area contributed by atoms with Crippen LogP contribution in [-0.2, 0) is 9.59 Å². The van der Waals surface area contributed by atoms with E-state index in [2.05, 4.69) is 0 Å². The predicted octanol–water partition coefficient (Wildman–Crippen LogP) is 1.44. The number of aldehydes is 2. The molecule has 2 nitrogen and oxygen atoms in total. The fourth-order valence-electron chi connectivity index (χ4n) is 0.662. The molecule has 58 valence electrons. The molecular formula is C8H14O2. The van der Waals surface area contributed by atoms with E-state index in [4.69, 9.17) is 0 Å². The quantitative estimate of drug-likeness (QED) is 0.544. The molecule has 2 heteroatoms. The first kappa shape index (κ1) is 9.34. The maximum atomic E-state index is 10.1. The first-order valence-electron chi connectivity index (χ1n) is 3.61. The van der Waals surface area contributed by atoms with Gasteiger partial charge in [0.1, 0.15) is 12.6 Å². The summed E-state index contributed by atoms with van der Waals surface area (Å²) >= 11 is 0. The third-order valence-electron chi connectivity index (χ3n) is 1.54. The molecule has 0 rings (SSSR count). The second kappa shape index (κ2) is 5.15. The molecule has 0 bridgehead atoms. The van der Waals surface area contributed by atoms with Crippen molar-refractivity contribution in [2.45, 2.75) is 26.7 Å². The van der Waals surface area contributed by atoms with E-state index in [-0.39, 0.29) is 11.8 Å². The van der Waals surface area contributed by atoms with Gasteiger partial charge in [-0.2, -0.15) is 0 Å². The van der Waals surface area contributed by atoms with Crippen molar-refractivity contribution in [3.05, 3.63) is 0 Å². The van der Waals surface area contributed by atoms with Crippen LogP contribution < -0.4 is 0 Å². The fourth-order valence-corrected chi connectivity index (χ4v) is 0.662. The normalized spacial score (nSPS) is 15.8. The number of rotatable bonds is 5. The molecule has 0 saturated carbocycles. The number of carbonyl (C=O) groups is 2. The maximum Gasteiger partial charge on any atom is 0.122 e. The summed E-state index contributed by atoms with van der Waals surface area (Å²) in [5, 5.41) is 0. The van der Waals surface area contributed by atoms with Crippen LogP contribution in [0.5, 0.6) is 0 Å². The van der Waals surface area contributed by atoms with Gasteiger partial charge in [0.25, 0.3) is 0 Å². The summed E-state index contributed by atoms with van der Waals surface area (Å²) in [4.78, 5) is 20.2. The van der Waals surface area contributed by atoms with Gasteiger partial charge in [-0.1, -0.05) is 13.8 Å². The molecule has 2 atom stereocenters. The predicted molar refractivity (Wildman–Crippen MR) is 39.7 cm³/mol. The van der Waals surface area contributed by atoms with Crippen LogP contribution in [0.15, 0.2) is 0 Å². The number of hydrogen-bond donors (Lipinski definition) is 0. The van der Waals surface area contributed by atoms with Crippen molar-refractivity contribution in [2.75, 3.05) is 0 Å². The summed E-state index contributed by atoms with van der Waals surface area (Å²) in [5.74, 6) is 0.199. The van der Waals surface area contributed by atoms with Crippen LogP contribution in [0.3, 0.4) is 0 Å². The van der Waals surface area contributed by atoms with Gasteiger partial charge in [0.05, 0.1) is 0 Å². The van der Waals surface area contributed by atoms with Gasteiger partial charge in [-0.05, 0) is 12.8 Å². The van der Waals surface area contributed by atoms with Crippen molar-refractivity contribution < 1.29 is 9.59 Å². The van der Waals surface area contributed by atoms with Gasteiger partial charge in [0.2, 0.25) is 0 Å². The summed E-state index contributed by atoms with van der Waals surface area (Å²) in [6.45, 7) is 3.73. The zero-order valence-electron chi connectivity index (χ0n) is 6.54. The minimum Gasteiger partial charge on any atom is -0.303 e. The lowest BCUT2D eigenvalue weighted by atomic mass is 10.0. The largest absolute Gasteiger partial charge is 0.303 e. The fraction of sp³-hybridized carbons (Fsp3) is 0.750. The van der Waals surface area contributed by atoms with Crippen molar-refractivity contribution in [3.63, 3.8) is 0 Å². The van der Waals surface area contributed by atoms with E-state index < -0.39 is 0 Å². The SMILES string of the molecule is CC(C=O)CCC(C)C=O. The van der Waals surface area contributed by atoms with E-state index in [1.807, 2.05) is 13.8 Å². The van der Waals surface area contributed by atoms with E-state index in [0.29, 0.717) is 0 Å². The van der Waals surface area contributed by atoms with Crippen LogP contribution >= 0.6 is 0 Å². The van der Waals surface area contributed by atoms with E-state index in [9.17, 15) is 9.59 Å². The maximum absolute atomic E-state index is 10.1. The van der Waals surface area contributed by atoms with Gasteiger partial charge in [-0.25, -0.2) is 0 Å². The summed E-state index contributed by atoms with van der Waals surface area (Å²) in [6.07, 6.45) is 3.50. The lowest BCUT2D eigenvalue weighted by Crippen LogP contribution is -2.01. The third-order valence-corrected chi connectivity index (χ3v) is 1.54. The highest BCUT2D eigenvalue weighted by atomic mass is 16.1. The summed E-state index contributed by atoms with van der Waals surface area (Å²) in [7, 11) is 0. The zero-order chi connectivity index (χ0) is 7.98. The second-order valence-electron chi connectivity index (χ2n) is 2.80. The molecule has 0 aliphatic heterocycles. The lowest BCUT2D eigenvalue weighted by molar-refractivity contribution is -0.112. The highest BCUT2D eigenvalue weighted by Gasteiger charge is 2.03. The van der Waals surface area contributed by atoms with Crippen LogP contribution in [0.2, 0.25) is 0 Å². The van der Waals surface area contributed by atoms with Gasteiger partial charge < -0.3 is 9.59 Å². The Balaban J connectivity index is 3.34. The van der Waals surface area contributed by atoms with E-state index in [1.54, 1.807) is 0 Å².